The zero-order valence-corrected chi connectivity index (χ0v) is 28.1. The Bertz CT molecular complexity index is 921. The lowest BCUT2D eigenvalue weighted by Gasteiger charge is -2.38. The van der Waals surface area contributed by atoms with Crippen molar-refractivity contribution >= 4 is 5.97 Å². The molecule has 2 heteroatoms. The van der Waals surface area contributed by atoms with Gasteiger partial charge < -0.3 is 4.74 Å². The number of unbranched alkanes of at least 4 members (excludes halogenated alkanes) is 9. The molecule has 0 aromatic heterocycles. The highest BCUT2D eigenvalue weighted by atomic mass is 16.5. The number of esters is 1. The monoisotopic (exact) mass is 576 g/mol. The SMILES string of the molecule is C=C/C=C/C=C/C=C/CCCCCCCCCCCC(=O)OC/C=C(\C)CC/C=C(\C)CCC1C(C)=CCCC1(C)C. The Kier molecular flexibility index (Phi) is 21.6. The third-order valence-electron chi connectivity index (χ3n) is 8.75. The molecule has 0 aliphatic heterocycles. The molecule has 2 nitrogen and oxygen atoms in total. The van der Waals surface area contributed by atoms with Crippen molar-refractivity contribution in [1.82, 2.24) is 0 Å². The summed E-state index contributed by atoms with van der Waals surface area (Å²) >= 11 is 0. The number of carbonyl (C=O) groups excluding carboxylic acids is 1. The molecule has 0 saturated carbocycles. The van der Waals surface area contributed by atoms with E-state index in [1.165, 1.54) is 81.8 Å². The second-order valence-electron chi connectivity index (χ2n) is 13.0. The molecule has 0 fully saturated rings. The average Bonchev–Trinajstić information content (AvgIpc) is 2.94. The first-order chi connectivity index (χ1) is 20.3. The summed E-state index contributed by atoms with van der Waals surface area (Å²) in [5.41, 5.74) is 4.83. The Balaban J connectivity index is 2.00. The first-order valence-corrected chi connectivity index (χ1v) is 17.0. The Hall–Kier alpha value is -2.35. The molecule has 1 atom stereocenters. The van der Waals surface area contributed by atoms with Crippen molar-refractivity contribution in [3.05, 3.63) is 84.1 Å². The highest BCUT2D eigenvalue weighted by Gasteiger charge is 2.32. The maximum Gasteiger partial charge on any atom is 0.306 e. The zero-order chi connectivity index (χ0) is 30.9. The smallest absolute Gasteiger partial charge is 0.306 e. The van der Waals surface area contributed by atoms with E-state index in [0.717, 1.165) is 32.1 Å². The van der Waals surface area contributed by atoms with Gasteiger partial charge in [-0.3, -0.25) is 4.79 Å². The van der Waals surface area contributed by atoms with Gasteiger partial charge in [-0.2, -0.15) is 0 Å². The van der Waals surface area contributed by atoms with Gasteiger partial charge in [0.1, 0.15) is 6.61 Å². The molecule has 1 aliphatic rings. The number of hydrogen-bond acceptors (Lipinski definition) is 2. The minimum Gasteiger partial charge on any atom is -0.461 e. The molecule has 1 rings (SSSR count). The molecular formula is C40H64O2. The quantitative estimate of drug-likeness (QED) is 0.0523. The van der Waals surface area contributed by atoms with Crippen LogP contribution in [0.15, 0.2) is 84.1 Å². The van der Waals surface area contributed by atoms with Gasteiger partial charge in [-0.05, 0) is 96.0 Å². The third-order valence-corrected chi connectivity index (χ3v) is 8.75. The molecule has 0 bridgehead atoms. The zero-order valence-electron chi connectivity index (χ0n) is 28.1. The number of allylic oxidation sites excluding steroid dienone is 12. The largest absolute Gasteiger partial charge is 0.461 e. The third kappa shape index (κ3) is 19.7. The van der Waals surface area contributed by atoms with Gasteiger partial charge in [0.15, 0.2) is 0 Å². The summed E-state index contributed by atoms with van der Waals surface area (Å²) in [6.07, 6.45) is 41.0. The molecule has 0 amide bonds. The Morgan fingerprint density at radius 3 is 2.14 bits per heavy atom. The molecule has 236 valence electrons. The van der Waals surface area contributed by atoms with Crippen molar-refractivity contribution in [2.75, 3.05) is 6.61 Å². The van der Waals surface area contributed by atoms with Crippen LogP contribution in [0.1, 0.15) is 144 Å². The maximum absolute atomic E-state index is 12.1. The van der Waals surface area contributed by atoms with Crippen LogP contribution in [0.4, 0.5) is 0 Å². The van der Waals surface area contributed by atoms with Crippen molar-refractivity contribution in [1.29, 1.82) is 0 Å². The average molecular weight is 577 g/mol. The van der Waals surface area contributed by atoms with Crippen LogP contribution in [0.3, 0.4) is 0 Å². The van der Waals surface area contributed by atoms with Crippen LogP contribution < -0.4 is 0 Å². The van der Waals surface area contributed by atoms with E-state index in [4.69, 9.17) is 4.74 Å². The van der Waals surface area contributed by atoms with Crippen LogP contribution in [0.25, 0.3) is 0 Å². The van der Waals surface area contributed by atoms with E-state index in [1.54, 1.807) is 11.6 Å². The van der Waals surface area contributed by atoms with Gasteiger partial charge >= 0.3 is 5.97 Å². The van der Waals surface area contributed by atoms with E-state index in [0.29, 0.717) is 24.4 Å². The predicted molar refractivity (Wildman–Crippen MR) is 186 cm³/mol. The number of carbonyl (C=O) groups is 1. The second kappa shape index (κ2) is 24.1. The lowest BCUT2D eigenvalue weighted by Crippen LogP contribution is -2.27. The first-order valence-electron chi connectivity index (χ1n) is 17.0. The van der Waals surface area contributed by atoms with Crippen LogP contribution in [0, 0.1) is 11.3 Å². The van der Waals surface area contributed by atoms with Gasteiger partial charge in [0.25, 0.3) is 0 Å². The molecule has 0 aromatic rings. The van der Waals surface area contributed by atoms with E-state index >= 15 is 0 Å². The van der Waals surface area contributed by atoms with Gasteiger partial charge in [-0.1, -0.05) is 137 Å². The molecule has 42 heavy (non-hydrogen) atoms. The van der Waals surface area contributed by atoms with Crippen LogP contribution >= 0.6 is 0 Å². The minimum atomic E-state index is -0.0532. The molecule has 1 aliphatic carbocycles. The van der Waals surface area contributed by atoms with Crippen molar-refractivity contribution in [2.45, 2.75) is 144 Å². The Morgan fingerprint density at radius 2 is 1.45 bits per heavy atom. The highest BCUT2D eigenvalue weighted by molar-refractivity contribution is 5.69. The van der Waals surface area contributed by atoms with Gasteiger partial charge in [-0.15, -0.1) is 0 Å². The second-order valence-corrected chi connectivity index (χ2v) is 13.0. The summed E-state index contributed by atoms with van der Waals surface area (Å²) < 4.78 is 5.45. The van der Waals surface area contributed by atoms with Gasteiger partial charge in [0, 0.05) is 6.42 Å². The van der Waals surface area contributed by atoms with E-state index in [1.807, 2.05) is 18.2 Å². The minimum absolute atomic E-state index is 0.0532. The Labute approximate surface area is 260 Å². The summed E-state index contributed by atoms with van der Waals surface area (Å²) in [6, 6.07) is 0. The van der Waals surface area contributed by atoms with E-state index in [9.17, 15) is 4.79 Å². The Morgan fingerprint density at radius 1 is 0.833 bits per heavy atom. The standard InChI is InChI=1S/C40H64O2/c1-7-8-9-10-11-12-13-14-15-16-17-18-19-20-21-22-23-29-39(41)42-34-32-36(3)27-24-26-35(2)30-31-38-37(4)28-25-33-40(38,5)6/h7-13,26,28,32,38H,1,14-25,27,29-31,33-34H2,2-6H3/b9-8+,11-10+,13-12+,35-26+,36-32+. The summed E-state index contributed by atoms with van der Waals surface area (Å²) in [5.74, 6) is 0.658. The molecule has 0 N–H and O–H groups in total. The fraction of sp³-hybridized carbons (Fsp3) is 0.625. The van der Waals surface area contributed by atoms with E-state index in [2.05, 4.69) is 77.7 Å². The summed E-state index contributed by atoms with van der Waals surface area (Å²) in [5, 5.41) is 0. The molecular weight excluding hydrogens is 512 g/mol. The van der Waals surface area contributed by atoms with Gasteiger partial charge in [-0.25, -0.2) is 0 Å². The predicted octanol–water partition coefficient (Wildman–Crippen LogP) is 12.5. The summed E-state index contributed by atoms with van der Waals surface area (Å²) in [6.45, 7) is 15.7. The molecule has 1 unspecified atom stereocenters. The highest BCUT2D eigenvalue weighted by Crippen LogP contribution is 2.43. The fourth-order valence-corrected chi connectivity index (χ4v) is 5.91. The number of ether oxygens (including phenoxy) is 1. The molecule has 0 radical (unpaired) electrons. The fourth-order valence-electron chi connectivity index (χ4n) is 5.91. The first kappa shape index (κ1) is 37.7. The number of rotatable bonds is 23. The van der Waals surface area contributed by atoms with Gasteiger partial charge in [0.05, 0.1) is 0 Å². The van der Waals surface area contributed by atoms with Crippen molar-refractivity contribution in [2.24, 2.45) is 11.3 Å². The van der Waals surface area contributed by atoms with Crippen LogP contribution in [0.2, 0.25) is 0 Å². The van der Waals surface area contributed by atoms with Gasteiger partial charge in [0.2, 0.25) is 0 Å². The van der Waals surface area contributed by atoms with Crippen LogP contribution in [-0.2, 0) is 9.53 Å². The van der Waals surface area contributed by atoms with E-state index < -0.39 is 0 Å². The normalized spacial score (nSPS) is 17.8. The summed E-state index contributed by atoms with van der Waals surface area (Å²) in [7, 11) is 0. The number of hydrogen-bond donors (Lipinski definition) is 0. The lowest BCUT2D eigenvalue weighted by molar-refractivity contribution is -0.142. The van der Waals surface area contributed by atoms with Crippen molar-refractivity contribution in [3.63, 3.8) is 0 Å². The van der Waals surface area contributed by atoms with Crippen molar-refractivity contribution in [3.8, 4) is 0 Å². The van der Waals surface area contributed by atoms with Crippen LogP contribution in [0.5, 0.6) is 0 Å². The molecule has 0 spiro atoms. The molecule has 0 saturated heterocycles. The topological polar surface area (TPSA) is 26.3 Å². The maximum atomic E-state index is 12.1. The van der Waals surface area contributed by atoms with Crippen LogP contribution in [-0.4, -0.2) is 12.6 Å². The van der Waals surface area contributed by atoms with Crippen molar-refractivity contribution < 1.29 is 9.53 Å². The molecule has 0 aromatic carbocycles. The van der Waals surface area contributed by atoms with E-state index in [-0.39, 0.29) is 5.97 Å². The lowest BCUT2D eigenvalue weighted by atomic mass is 9.67. The molecule has 0 heterocycles. The summed E-state index contributed by atoms with van der Waals surface area (Å²) in [4.78, 5) is 12.1.